The third-order valence-corrected chi connectivity index (χ3v) is 3.78. The van der Waals surface area contributed by atoms with Crippen molar-refractivity contribution in [1.82, 2.24) is 4.90 Å². The topological polar surface area (TPSA) is 46.3 Å². The predicted octanol–water partition coefficient (Wildman–Crippen LogP) is 3.59. The van der Waals surface area contributed by atoms with Gasteiger partial charge in [0.25, 0.3) is 0 Å². The number of hydrogen-bond acceptors (Lipinski definition) is 2. The first-order valence-corrected chi connectivity index (χ1v) is 7.54. The maximum absolute atomic E-state index is 11.1. The molecule has 3 nitrogen and oxygen atoms in total. The third-order valence-electron chi connectivity index (χ3n) is 3.78. The average molecular weight is 296 g/mol. The largest absolute Gasteiger partial charge is 0.366 e. The maximum atomic E-state index is 11.1. The van der Waals surface area contributed by atoms with Crippen molar-refractivity contribution in [2.75, 3.05) is 0 Å². The summed E-state index contributed by atoms with van der Waals surface area (Å²) in [5.41, 5.74) is 8.37. The fourth-order valence-electron chi connectivity index (χ4n) is 2.33. The Morgan fingerprint density at radius 2 is 1.41 bits per heavy atom. The molecule has 0 bridgehead atoms. The Hall–Kier alpha value is -2.13. The Morgan fingerprint density at radius 3 is 1.86 bits per heavy atom. The zero-order valence-corrected chi connectivity index (χ0v) is 13.5. The van der Waals surface area contributed by atoms with Crippen LogP contribution in [-0.4, -0.2) is 16.3 Å². The van der Waals surface area contributed by atoms with Gasteiger partial charge in [-0.2, -0.15) is 0 Å². The van der Waals surface area contributed by atoms with Crippen molar-refractivity contribution < 1.29 is 4.79 Å². The second-order valence-corrected chi connectivity index (χ2v) is 6.57. The first-order chi connectivity index (χ1) is 10.4. The second kappa shape index (κ2) is 6.75. The zero-order valence-electron chi connectivity index (χ0n) is 13.5. The summed E-state index contributed by atoms with van der Waals surface area (Å²) in [6.45, 7) is 8.37. The molecule has 2 N–H and O–H groups in total. The second-order valence-electron chi connectivity index (χ2n) is 6.57. The van der Waals surface area contributed by atoms with Gasteiger partial charge in [0.1, 0.15) is 0 Å². The monoisotopic (exact) mass is 296 g/mol. The molecule has 1 amide bonds. The molecule has 0 aliphatic heterocycles. The van der Waals surface area contributed by atoms with Crippen molar-refractivity contribution >= 4 is 5.91 Å². The summed E-state index contributed by atoms with van der Waals surface area (Å²) in [6.07, 6.45) is 0. The molecule has 0 spiro atoms. The van der Waals surface area contributed by atoms with Crippen LogP contribution in [0.25, 0.3) is 0 Å². The van der Waals surface area contributed by atoms with E-state index in [1.807, 2.05) is 18.2 Å². The standard InChI is InChI=1S/C19H24N2O/c1-19(2,3)21(13-15-7-5-4-6-8-15)14-16-9-11-17(12-10-16)18(20)22/h4-12H,13-14H2,1-3H3,(H2,20,22). The number of benzene rings is 2. The van der Waals surface area contributed by atoms with Gasteiger partial charge >= 0.3 is 0 Å². The first-order valence-electron chi connectivity index (χ1n) is 7.54. The van der Waals surface area contributed by atoms with E-state index in [1.54, 1.807) is 12.1 Å². The first kappa shape index (κ1) is 16.2. The van der Waals surface area contributed by atoms with Gasteiger partial charge in [-0.05, 0) is 44.0 Å². The highest BCUT2D eigenvalue weighted by Gasteiger charge is 2.21. The van der Waals surface area contributed by atoms with Crippen molar-refractivity contribution in [3.8, 4) is 0 Å². The molecule has 2 aromatic carbocycles. The lowest BCUT2D eigenvalue weighted by molar-refractivity contribution is 0.1000. The minimum atomic E-state index is -0.386. The van der Waals surface area contributed by atoms with Crippen molar-refractivity contribution in [1.29, 1.82) is 0 Å². The highest BCUT2D eigenvalue weighted by atomic mass is 16.1. The number of carbonyl (C=O) groups excluding carboxylic acids is 1. The van der Waals surface area contributed by atoms with E-state index >= 15 is 0 Å². The molecule has 0 radical (unpaired) electrons. The Morgan fingerprint density at radius 1 is 0.909 bits per heavy atom. The van der Waals surface area contributed by atoms with E-state index < -0.39 is 0 Å². The van der Waals surface area contributed by atoms with Crippen LogP contribution in [0.2, 0.25) is 0 Å². The molecular weight excluding hydrogens is 272 g/mol. The van der Waals surface area contributed by atoms with E-state index in [-0.39, 0.29) is 11.4 Å². The number of primary amides is 1. The van der Waals surface area contributed by atoms with Gasteiger partial charge in [0, 0.05) is 24.2 Å². The fraction of sp³-hybridized carbons (Fsp3) is 0.316. The summed E-state index contributed by atoms with van der Waals surface area (Å²) in [7, 11) is 0. The smallest absolute Gasteiger partial charge is 0.248 e. The fourth-order valence-corrected chi connectivity index (χ4v) is 2.33. The number of amides is 1. The van der Waals surface area contributed by atoms with Crippen LogP contribution < -0.4 is 5.73 Å². The molecule has 22 heavy (non-hydrogen) atoms. The molecule has 0 aromatic heterocycles. The van der Waals surface area contributed by atoms with Crippen LogP contribution in [0.4, 0.5) is 0 Å². The Bertz CT molecular complexity index is 612. The minimum absolute atomic E-state index is 0.0538. The van der Waals surface area contributed by atoms with Crippen molar-refractivity contribution in [2.45, 2.75) is 39.4 Å². The Kier molecular flexibility index (Phi) is 4.99. The molecule has 3 heteroatoms. The third kappa shape index (κ3) is 4.43. The number of nitrogens with two attached hydrogens (primary N) is 1. The van der Waals surface area contributed by atoms with Crippen LogP contribution in [0.15, 0.2) is 54.6 Å². The van der Waals surface area contributed by atoms with Gasteiger partial charge in [0.15, 0.2) is 0 Å². The average Bonchev–Trinajstić information content (AvgIpc) is 2.47. The summed E-state index contributed by atoms with van der Waals surface area (Å²) >= 11 is 0. The molecule has 0 heterocycles. The van der Waals surface area contributed by atoms with Crippen LogP contribution in [0.1, 0.15) is 42.3 Å². The van der Waals surface area contributed by atoms with Crippen molar-refractivity contribution in [2.24, 2.45) is 5.73 Å². The summed E-state index contributed by atoms with van der Waals surface area (Å²) in [6, 6.07) is 18.0. The SMILES string of the molecule is CC(C)(C)N(Cc1ccccc1)Cc1ccc(C(N)=O)cc1. The van der Waals surface area contributed by atoms with Crippen LogP contribution in [0, 0.1) is 0 Å². The van der Waals surface area contributed by atoms with E-state index in [0.717, 1.165) is 13.1 Å². The highest BCUT2D eigenvalue weighted by Crippen LogP contribution is 2.20. The number of hydrogen-bond donors (Lipinski definition) is 1. The van der Waals surface area contributed by atoms with Gasteiger partial charge < -0.3 is 5.73 Å². The molecule has 2 rings (SSSR count). The van der Waals surface area contributed by atoms with Gasteiger partial charge in [-0.1, -0.05) is 42.5 Å². The van der Waals surface area contributed by atoms with Gasteiger partial charge in [-0.25, -0.2) is 0 Å². The summed E-state index contributed by atoms with van der Waals surface area (Å²) in [5, 5.41) is 0. The van der Waals surface area contributed by atoms with Crippen LogP contribution in [0.3, 0.4) is 0 Å². The molecule has 0 atom stereocenters. The number of rotatable bonds is 5. The molecule has 0 aliphatic rings. The lowest BCUT2D eigenvalue weighted by Crippen LogP contribution is -2.40. The molecule has 116 valence electrons. The summed E-state index contributed by atoms with van der Waals surface area (Å²) in [5.74, 6) is -0.386. The van der Waals surface area contributed by atoms with Gasteiger partial charge in [0.2, 0.25) is 5.91 Å². The molecule has 0 saturated carbocycles. The lowest BCUT2D eigenvalue weighted by atomic mass is 10.0. The molecule has 0 saturated heterocycles. The van der Waals surface area contributed by atoms with E-state index in [0.29, 0.717) is 5.56 Å². The van der Waals surface area contributed by atoms with Crippen LogP contribution in [-0.2, 0) is 13.1 Å². The quantitative estimate of drug-likeness (QED) is 0.916. The van der Waals surface area contributed by atoms with Gasteiger partial charge in [-0.15, -0.1) is 0 Å². The van der Waals surface area contributed by atoms with Gasteiger partial charge in [-0.3, -0.25) is 9.69 Å². The summed E-state index contributed by atoms with van der Waals surface area (Å²) in [4.78, 5) is 13.6. The van der Waals surface area contributed by atoms with Crippen molar-refractivity contribution in [3.05, 3.63) is 71.3 Å². The number of carbonyl (C=O) groups is 1. The molecule has 0 aliphatic carbocycles. The molecule has 2 aromatic rings. The maximum Gasteiger partial charge on any atom is 0.248 e. The molecular formula is C19H24N2O. The van der Waals surface area contributed by atoms with Crippen molar-refractivity contribution in [3.63, 3.8) is 0 Å². The van der Waals surface area contributed by atoms with E-state index in [4.69, 9.17) is 5.73 Å². The van der Waals surface area contributed by atoms with Crippen LogP contribution >= 0.6 is 0 Å². The molecule has 0 fully saturated rings. The normalized spacial score (nSPS) is 11.6. The Labute approximate surface area is 132 Å². The van der Waals surface area contributed by atoms with Gasteiger partial charge in [0.05, 0.1) is 0 Å². The van der Waals surface area contributed by atoms with E-state index in [2.05, 4.69) is 49.9 Å². The Balaban J connectivity index is 2.15. The highest BCUT2D eigenvalue weighted by molar-refractivity contribution is 5.92. The zero-order chi connectivity index (χ0) is 16.2. The number of nitrogens with zero attached hydrogens (tertiary/aromatic N) is 1. The minimum Gasteiger partial charge on any atom is -0.366 e. The predicted molar refractivity (Wildman–Crippen MR) is 90.4 cm³/mol. The summed E-state index contributed by atoms with van der Waals surface area (Å²) < 4.78 is 0. The molecule has 0 unspecified atom stereocenters. The van der Waals surface area contributed by atoms with E-state index in [1.165, 1.54) is 11.1 Å². The van der Waals surface area contributed by atoms with Crippen LogP contribution in [0.5, 0.6) is 0 Å². The van der Waals surface area contributed by atoms with E-state index in [9.17, 15) is 4.79 Å². The lowest BCUT2D eigenvalue weighted by Gasteiger charge is -2.36.